The predicted molar refractivity (Wildman–Crippen MR) is 127 cm³/mol. The summed E-state index contributed by atoms with van der Waals surface area (Å²) in [5.41, 5.74) is 0.933. The lowest BCUT2D eigenvalue weighted by atomic mass is 10.1. The van der Waals surface area contributed by atoms with E-state index in [4.69, 9.17) is 4.74 Å². The molecule has 1 aromatic heterocycles. The fourth-order valence-corrected chi connectivity index (χ4v) is 5.17. The third kappa shape index (κ3) is 4.44. The van der Waals surface area contributed by atoms with Crippen LogP contribution in [0, 0.1) is 5.82 Å². The van der Waals surface area contributed by atoms with Gasteiger partial charge >= 0.3 is 0 Å². The number of hydrogen-bond acceptors (Lipinski definition) is 7. The van der Waals surface area contributed by atoms with Crippen molar-refractivity contribution in [2.24, 2.45) is 0 Å². The molecule has 176 valence electrons. The Morgan fingerprint density at radius 2 is 1.82 bits per heavy atom. The first kappa shape index (κ1) is 22.6. The second-order valence-electron chi connectivity index (χ2n) is 8.17. The Hall–Kier alpha value is -3.21. The molecule has 0 atom stereocenters. The van der Waals surface area contributed by atoms with Crippen LogP contribution in [0.5, 0.6) is 0 Å². The van der Waals surface area contributed by atoms with Gasteiger partial charge in [-0.2, -0.15) is 0 Å². The number of carbonyl (C=O) groups is 3. The molecule has 3 aromatic rings. The van der Waals surface area contributed by atoms with Crippen molar-refractivity contribution in [3.8, 4) is 0 Å². The van der Waals surface area contributed by atoms with Gasteiger partial charge in [-0.25, -0.2) is 9.37 Å². The highest BCUT2D eigenvalue weighted by Gasteiger charge is 2.31. The lowest BCUT2D eigenvalue weighted by molar-refractivity contribution is -0.121. The molecule has 3 heterocycles. The number of ether oxygens (including phenoxy) is 1. The molecule has 0 unspecified atom stereocenters. The van der Waals surface area contributed by atoms with E-state index >= 15 is 0 Å². The van der Waals surface area contributed by atoms with E-state index in [0.717, 1.165) is 18.0 Å². The largest absolute Gasteiger partial charge is 0.379 e. The summed E-state index contributed by atoms with van der Waals surface area (Å²) >= 11 is 1.25. The summed E-state index contributed by atoms with van der Waals surface area (Å²) in [5, 5.41) is 0.400. The molecule has 8 nitrogen and oxygen atoms in total. The van der Waals surface area contributed by atoms with Crippen LogP contribution in [0.15, 0.2) is 42.5 Å². The molecule has 2 aromatic carbocycles. The van der Waals surface area contributed by atoms with Crippen molar-refractivity contribution in [3.63, 3.8) is 0 Å². The summed E-state index contributed by atoms with van der Waals surface area (Å²) in [7, 11) is 0. The van der Waals surface area contributed by atoms with Gasteiger partial charge < -0.3 is 4.74 Å². The summed E-state index contributed by atoms with van der Waals surface area (Å²) in [4.78, 5) is 47.4. The van der Waals surface area contributed by atoms with Crippen LogP contribution in [0.2, 0.25) is 0 Å². The molecule has 10 heteroatoms. The van der Waals surface area contributed by atoms with Crippen LogP contribution in [0.3, 0.4) is 0 Å². The van der Waals surface area contributed by atoms with Crippen molar-refractivity contribution < 1.29 is 23.5 Å². The summed E-state index contributed by atoms with van der Waals surface area (Å²) in [5.74, 6) is -1.32. The molecule has 0 saturated carbocycles. The molecule has 0 aliphatic carbocycles. The van der Waals surface area contributed by atoms with Crippen LogP contribution in [0.1, 0.15) is 23.2 Å². The van der Waals surface area contributed by atoms with Gasteiger partial charge in [0, 0.05) is 44.6 Å². The third-order valence-corrected chi connectivity index (χ3v) is 7.02. The standard InChI is InChI=1S/C24H23FN4O4S/c25-18-5-2-6-19-22(18)26-24(34-19)28(10-9-27-11-13-33-14-12-27)23(32)16-3-1-4-17(15-16)29-20(30)7-8-21(29)31/h1-6,15H,7-14H2. The van der Waals surface area contributed by atoms with E-state index in [-0.39, 0.29) is 36.1 Å². The van der Waals surface area contributed by atoms with Crippen LogP contribution in [-0.4, -0.2) is 67.0 Å². The topological polar surface area (TPSA) is 83.1 Å². The molecule has 2 saturated heterocycles. The van der Waals surface area contributed by atoms with Gasteiger partial charge in [0.1, 0.15) is 11.3 Å². The van der Waals surface area contributed by atoms with Gasteiger partial charge in [0.05, 0.1) is 23.6 Å². The Bertz CT molecular complexity index is 1240. The van der Waals surface area contributed by atoms with Crippen molar-refractivity contribution in [1.29, 1.82) is 0 Å². The second-order valence-corrected chi connectivity index (χ2v) is 9.18. The van der Waals surface area contributed by atoms with Crippen molar-refractivity contribution in [2.45, 2.75) is 12.8 Å². The number of thiazole rings is 1. The van der Waals surface area contributed by atoms with E-state index in [1.807, 2.05) is 0 Å². The maximum absolute atomic E-state index is 14.3. The second kappa shape index (κ2) is 9.57. The van der Waals surface area contributed by atoms with Crippen molar-refractivity contribution >= 4 is 50.1 Å². The molecular weight excluding hydrogens is 459 g/mol. The summed E-state index contributed by atoms with van der Waals surface area (Å²) in [6.45, 7) is 3.78. The molecule has 0 bridgehead atoms. The highest BCUT2D eigenvalue weighted by molar-refractivity contribution is 7.22. The van der Waals surface area contributed by atoms with E-state index in [0.29, 0.717) is 47.4 Å². The van der Waals surface area contributed by atoms with Crippen molar-refractivity contribution in [3.05, 3.63) is 53.8 Å². The molecule has 0 spiro atoms. The number of rotatable bonds is 6. The number of benzene rings is 2. The van der Waals surface area contributed by atoms with Gasteiger partial charge in [0.2, 0.25) is 11.8 Å². The minimum Gasteiger partial charge on any atom is -0.379 e. The number of anilines is 2. The van der Waals surface area contributed by atoms with Gasteiger partial charge in [0.15, 0.2) is 5.13 Å². The van der Waals surface area contributed by atoms with Crippen LogP contribution in [-0.2, 0) is 14.3 Å². The van der Waals surface area contributed by atoms with E-state index in [9.17, 15) is 18.8 Å². The lowest BCUT2D eigenvalue weighted by Gasteiger charge is -2.29. The van der Waals surface area contributed by atoms with Crippen LogP contribution >= 0.6 is 11.3 Å². The van der Waals surface area contributed by atoms with Crippen molar-refractivity contribution in [1.82, 2.24) is 9.88 Å². The van der Waals surface area contributed by atoms with Gasteiger partial charge in [0.25, 0.3) is 5.91 Å². The quantitative estimate of drug-likeness (QED) is 0.503. The highest BCUT2D eigenvalue weighted by Crippen LogP contribution is 2.32. The Morgan fingerprint density at radius 1 is 1.09 bits per heavy atom. The number of fused-ring (bicyclic) bond motifs is 1. The summed E-state index contributed by atoms with van der Waals surface area (Å²) in [6, 6.07) is 11.2. The molecule has 0 N–H and O–H groups in total. The van der Waals surface area contributed by atoms with Gasteiger partial charge in [-0.05, 0) is 30.3 Å². The highest BCUT2D eigenvalue weighted by atomic mass is 32.1. The first-order valence-corrected chi connectivity index (χ1v) is 12.0. The number of carbonyl (C=O) groups excluding carboxylic acids is 3. The number of para-hydroxylation sites is 1. The minimum atomic E-state index is -0.436. The van der Waals surface area contributed by atoms with E-state index in [1.54, 1.807) is 41.3 Å². The van der Waals surface area contributed by atoms with Crippen LogP contribution in [0.4, 0.5) is 15.2 Å². The van der Waals surface area contributed by atoms with Crippen LogP contribution < -0.4 is 9.80 Å². The third-order valence-electron chi connectivity index (χ3n) is 5.98. The number of hydrogen-bond donors (Lipinski definition) is 0. The van der Waals surface area contributed by atoms with Gasteiger partial charge in [-0.15, -0.1) is 0 Å². The number of nitrogens with zero attached hydrogens (tertiary/aromatic N) is 4. The average Bonchev–Trinajstić information content (AvgIpc) is 3.43. The molecule has 34 heavy (non-hydrogen) atoms. The molecule has 0 radical (unpaired) electrons. The Balaban J connectivity index is 1.47. The fraction of sp³-hybridized carbons (Fsp3) is 0.333. The van der Waals surface area contributed by atoms with E-state index < -0.39 is 5.82 Å². The maximum atomic E-state index is 14.3. The zero-order valence-electron chi connectivity index (χ0n) is 18.4. The van der Waals surface area contributed by atoms with E-state index in [2.05, 4.69) is 9.88 Å². The maximum Gasteiger partial charge on any atom is 0.260 e. The monoisotopic (exact) mass is 482 g/mol. The molecule has 3 amide bonds. The first-order chi connectivity index (χ1) is 16.5. The van der Waals surface area contributed by atoms with Gasteiger partial charge in [-0.3, -0.25) is 29.1 Å². The predicted octanol–water partition coefficient (Wildman–Crippen LogP) is 3.07. The SMILES string of the molecule is O=C(c1cccc(N2C(=O)CCC2=O)c1)N(CCN1CCOCC1)c1nc2c(F)cccc2s1. The molecule has 2 aliphatic rings. The molecular formula is C24H23FN4O4S. The fourth-order valence-electron chi connectivity index (χ4n) is 4.17. The molecule has 2 aliphatic heterocycles. The number of amides is 3. The van der Waals surface area contributed by atoms with E-state index in [1.165, 1.54) is 17.4 Å². The molecule has 2 fully saturated rings. The zero-order valence-corrected chi connectivity index (χ0v) is 19.2. The summed E-state index contributed by atoms with van der Waals surface area (Å²) in [6.07, 6.45) is 0.333. The molecule has 5 rings (SSSR count). The number of morpholine rings is 1. The average molecular weight is 483 g/mol. The number of aromatic nitrogens is 1. The lowest BCUT2D eigenvalue weighted by Crippen LogP contribution is -2.43. The first-order valence-electron chi connectivity index (χ1n) is 11.1. The normalized spacial score (nSPS) is 17.0. The Labute approximate surface area is 199 Å². The van der Waals surface area contributed by atoms with Crippen LogP contribution in [0.25, 0.3) is 10.2 Å². The minimum absolute atomic E-state index is 0.167. The van der Waals surface area contributed by atoms with Gasteiger partial charge in [-0.1, -0.05) is 23.5 Å². The number of imide groups is 1. The smallest absolute Gasteiger partial charge is 0.260 e. The zero-order chi connectivity index (χ0) is 23.7. The summed E-state index contributed by atoms with van der Waals surface area (Å²) < 4.78 is 20.4. The number of halogens is 1. The Morgan fingerprint density at radius 3 is 2.56 bits per heavy atom. The Kier molecular flexibility index (Phi) is 6.36. The van der Waals surface area contributed by atoms with Crippen molar-refractivity contribution in [2.75, 3.05) is 49.2 Å².